The van der Waals surface area contributed by atoms with E-state index >= 15 is 0 Å². The van der Waals surface area contributed by atoms with Gasteiger partial charge in [-0.1, -0.05) is 42.5 Å². The van der Waals surface area contributed by atoms with Gasteiger partial charge in [-0.15, -0.1) is 0 Å². The number of alkyl halides is 3. The molecule has 1 aromatic heterocycles. The van der Waals surface area contributed by atoms with Crippen LogP contribution in [-0.4, -0.2) is 28.3 Å². The van der Waals surface area contributed by atoms with Crippen molar-refractivity contribution >= 4 is 11.5 Å². The number of aromatic nitrogens is 1. The Morgan fingerprint density at radius 3 is 2.19 bits per heavy atom. The van der Waals surface area contributed by atoms with Crippen LogP contribution in [0.25, 0.3) is 5.57 Å². The van der Waals surface area contributed by atoms with Crippen LogP contribution >= 0.6 is 0 Å². The third kappa shape index (κ3) is 5.76. The summed E-state index contributed by atoms with van der Waals surface area (Å²) >= 11 is 0. The van der Waals surface area contributed by atoms with E-state index in [0.717, 1.165) is 11.1 Å². The molecule has 1 aliphatic carbocycles. The summed E-state index contributed by atoms with van der Waals surface area (Å²) in [5.41, 5.74) is 5.09. The highest BCUT2D eigenvalue weighted by Crippen LogP contribution is 2.65. The van der Waals surface area contributed by atoms with E-state index in [1.54, 1.807) is 24.3 Å². The number of benzene rings is 2. The normalized spacial score (nSPS) is 16.1. The number of nitrogens with two attached hydrogens (primary N) is 1. The fraction of sp³-hybridized carbons (Fsp3) is 0.286. The third-order valence-corrected chi connectivity index (χ3v) is 6.42. The zero-order valence-electron chi connectivity index (χ0n) is 19.5. The lowest BCUT2D eigenvalue weighted by molar-refractivity contribution is -0.168. The monoisotopic (exact) mass is 496 g/mol. The van der Waals surface area contributed by atoms with Crippen molar-refractivity contribution in [1.82, 2.24) is 4.98 Å². The molecule has 0 aliphatic heterocycles. The van der Waals surface area contributed by atoms with Crippen LogP contribution in [0.5, 0.6) is 5.75 Å². The lowest BCUT2D eigenvalue weighted by atomic mass is 9.83. The smallest absolute Gasteiger partial charge is 0.398 e. The van der Waals surface area contributed by atoms with Crippen molar-refractivity contribution in [3.05, 3.63) is 101 Å². The number of aliphatic hydroxyl groups excluding tert-OH is 1. The molecule has 4 rings (SSSR count). The van der Waals surface area contributed by atoms with E-state index in [1.807, 2.05) is 30.3 Å². The molecular formula is C28H27F3N2O3. The standard InChI is InChI=1S/C28H27F3N2O3/c29-28(30,31)27(12-13-27)25(21-10-14-33-15-11-21)24(26(32)35)17-22(34)16-19-6-8-23(9-7-19)36-18-20-4-2-1-3-5-20/h1-11,14-15,22,34H,12-13,16-18H2,(H2,32,35)/t22-/m0/s1. The first-order chi connectivity index (χ1) is 17.2. The summed E-state index contributed by atoms with van der Waals surface area (Å²) in [4.78, 5) is 16.3. The average Bonchev–Trinajstić information content (AvgIpc) is 3.66. The van der Waals surface area contributed by atoms with Gasteiger partial charge in [0.25, 0.3) is 0 Å². The first-order valence-corrected chi connectivity index (χ1v) is 11.6. The molecule has 0 radical (unpaired) electrons. The Balaban J connectivity index is 1.51. The van der Waals surface area contributed by atoms with Crippen molar-refractivity contribution in [2.75, 3.05) is 0 Å². The number of pyridine rings is 1. The van der Waals surface area contributed by atoms with Crippen LogP contribution in [0.3, 0.4) is 0 Å². The van der Waals surface area contributed by atoms with Crippen LogP contribution in [0, 0.1) is 5.41 Å². The lowest BCUT2D eigenvalue weighted by Crippen LogP contribution is -2.30. The van der Waals surface area contributed by atoms with Crippen molar-refractivity contribution < 1.29 is 27.8 Å². The maximum atomic E-state index is 14.1. The summed E-state index contributed by atoms with van der Waals surface area (Å²) in [6, 6.07) is 19.7. The van der Waals surface area contributed by atoms with E-state index in [-0.39, 0.29) is 42.4 Å². The van der Waals surface area contributed by atoms with Crippen molar-refractivity contribution in [2.24, 2.45) is 11.1 Å². The largest absolute Gasteiger partial charge is 0.489 e. The van der Waals surface area contributed by atoms with Gasteiger partial charge in [0, 0.05) is 24.4 Å². The Bertz CT molecular complexity index is 1210. The zero-order chi connectivity index (χ0) is 25.8. The van der Waals surface area contributed by atoms with Gasteiger partial charge in [0.15, 0.2) is 0 Å². The number of carbonyl (C=O) groups is 1. The second-order valence-electron chi connectivity index (χ2n) is 9.01. The van der Waals surface area contributed by atoms with Crippen molar-refractivity contribution in [1.29, 1.82) is 0 Å². The third-order valence-electron chi connectivity index (χ3n) is 6.42. The summed E-state index contributed by atoms with van der Waals surface area (Å²) in [7, 11) is 0. The van der Waals surface area contributed by atoms with Gasteiger partial charge < -0.3 is 15.6 Å². The van der Waals surface area contributed by atoms with E-state index in [9.17, 15) is 23.1 Å². The summed E-state index contributed by atoms with van der Waals surface area (Å²) < 4.78 is 48.0. The van der Waals surface area contributed by atoms with Crippen LogP contribution in [0.4, 0.5) is 13.2 Å². The predicted molar refractivity (Wildman–Crippen MR) is 130 cm³/mol. The highest BCUT2D eigenvalue weighted by molar-refractivity contribution is 6.02. The van der Waals surface area contributed by atoms with Gasteiger partial charge in [-0.05, 0) is 65.8 Å². The predicted octanol–water partition coefficient (Wildman–Crippen LogP) is 5.24. The molecule has 1 aliphatic rings. The number of hydrogen-bond acceptors (Lipinski definition) is 4. The zero-order valence-corrected chi connectivity index (χ0v) is 19.5. The fourth-order valence-corrected chi connectivity index (χ4v) is 4.43. The molecule has 1 heterocycles. The molecule has 3 aromatic rings. The number of halogens is 3. The first kappa shape index (κ1) is 25.4. The number of amides is 1. The molecule has 36 heavy (non-hydrogen) atoms. The van der Waals surface area contributed by atoms with Gasteiger partial charge in [0.2, 0.25) is 5.91 Å². The molecule has 1 atom stereocenters. The topological polar surface area (TPSA) is 85.4 Å². The average molecular weight is 497 g/mol. The van der Waals surface area contributed by atoms with E-state index in [1.165, 1.54) is 24.5 Å². The van der Waals surface area contributed by atoms with Crippen molar-refractivity contribution in [3.63, 3.8) is 0 Å². The Kier molecular flexibility index (Phi) is 7.45. The van der Waals surface area contributed by atoms with Gasteiger partial charge >= 0.3 is 6.18 Å². The summed E-state index contributed by atoms with van der Waals surface area (Å²) in [5.74, 6) is -0.323. The maximum absolute atomic E-state index is 14.1. The molecule has 0 bridgehead atoms. The molecule has 3 N–H and O–H groups in total. The molecule has 5 nitrogen and oxygen atoms in total. The summed E-state index contributed by atoms with van der Waals surface area (Å²) in [6.45, 7) is 0.411. The minimum absolute atomic E-state index is 0.133. The number of primary amides is 1. The molecule has 188 valence electrons. The highest BCUT2D eigenvalue weighted by atomic mass is 19.4. The van der Waals surface area contributed by atoms with E-state index < -0.39 is 23.6 Å². The van der Waals surface area contributed by atoms with Crippen LogP contribution < -0.4 is 10.5 Å². The molecule has 1 amide bonds. The Morgan fingerprint density at radius 1 is 1.00 bits per heavy atom. The van der Waals surface area contributed by atoms with Crippen molar-refractivity contribution in [2.45, 2.75) is 44.6 Å². The number of ether oxygens (including phenoxy) is 1. The number of hydrogen-bond donors (Lipinski definition) is 2. The van der Waals surface area contributed by atoms with E-state index in [2.05, 4.69) is 4.98 Å². The first-order valence-electron chi connectivity index (χ1n) is 11.6. The number of rotatable bonds is 10. The number of carbonyl (C=O) groups excluding carboxylic acids is 1. The Labute approximate surface area is 207 Å². The molecule has 1 fully saturated rings. The van der Waals surface area contributed by atoms with Gasteiger partial charge in [0.1, 0.15) is 12.4 Å². The molecule has 1 saturated carbocycles. The Morgan fingerprint density at radius 2 is 1.64 bits per heavy atom. The van der Waals surface area contributed by atoms with Gasteiger partial charge in [-0.3, -0.25) is 9.78 Å². The number of aliphatic hydroxyl groups is 1. The lowest BCUT2D eigenvalue weighted by Gasteiger charge is -2.26. The van der Waals surface area contributed by atoms with E-state index in [4.69, 9.17) is 10.5 Å². The minimum atomic E-state index is -4.55. The summed E-state index contributed by atoms with van der Waals surface area (Å²) in [6.07, 6.45) is -3.33. The molecule has 2 aromatic carbocycles. The fourth-order valence-electron chi connectivity index (χ4n) is 4.43. The van der Waals surface area contributed by atoms with Crippen molar-refractivity contribution in [3.8, 4) is 5.75 Å². The van der Waals surface area contributed by atoms with Crippen LogP contribution in [-0.2, 0) is 17.8 Å². The minimum Gasteiger partial charge on any atom is -0.489 e. The van der Waals surface area contributed by atoms with Crippen LogP contribution in [0.1, 0.15) is 36.0 Å². The number of nitrogens with zero attached hydrogens (tertiary/aromatic N) is 1. The molecule has 0 unspecified atom stereocenters. The van der Waals surface area contributed by atoms with Crippen LogP contribution in [0.15, 0.2) is 84.7 Å². The Hall–Kier alpha value is -3.65. The van der Waals surface area contributed by atoms with Gasteiger partial charge in [-0.25, -0.2) is 0 Å². The number of allylic oxidation sites excluding steroid dienone is 1. The summed E-state index contributed by atoms with van der Waals surface area (Å²) in [5, 5.41) is 10.8. The van der Waals surface area contributed by atoms with Gasteiger partial charge in [0.05, 0.1) is 11.5 Å². The SMILES string of the molecule is NC(=O)C(C[C@@H](O)Cc1ccc(OCc2ccccc2)cc1)=C(c1ccncc1)C1(C(F)(F)F)CC1. The highest BCUT2D eigenvalue weighted by Gasteiger charge is 2.66. The second-order valence-corrected chi connectivity index (χ2v) is 9.01. The molecule has 0 saturated heterocycles. The van der Waals surface area contributed by atoms with Crippen LogP contribution in [0.2, 0.25) is 0 Å². The quantitative estimate of drug-likeness (QED) is 0.376. The van der Waals surface area contributed by atoms with Gasteiger partial charge in [-0.2, -0.15) is 13.2 Å². The maximum Gasteiger partial charge on any atom is 0.398 e. The van der Waals surface area contributed by atoms with E-state index in [0.29, 0.717) is 12.4 Å². The molecule has 8 heteroatoms. The molecular weight excluding hydrogens is 469 g/mol. The second kappa shape index (κ2) is 10.5. The molecule has 0 spiro atoms.